The number of carboxylic acids is 1. The number of urea groups is 1. The van der Waals surface area contributed by atoms with Crippen LogP contribution in [0.4, 0.5) is 4.79 Å². The summed E-state index contributed by atoms with van der Waals surface area (Å²) in [7, 11) is 0. The number of aromatic amines is 1. The Balaban J connectivity index is 1.76. The molecule has 0 aliphatic carbocycles. The smallest absolute Gasteiger partial charge is 0.326 e. The molecule has 2 rings (SSSR count). The number of nitrogens with zero attached hydrogens (tertiary/aromatic N) is 1. The molecule has 4 N–H and O–H groups in total. The first kappa shape index (κ1) is 15.3. The number of H-pyrrole nitrogens is 1. The number of ether oxygens (including phenoxy) is 1. The Morgan fingerprint density at radius 2 is 2.43 bits per heavy atom. The van der Waals surface area contributed by atoms with Crippen LogP contribution < -0.4 is 10.6 Å². The molecule has 8 nitrogen and oxygen atoms in total. The van der Waals surface area contributed by atoms with E-state index in [-0.39, 0.29) is 6.42 Å². The minimum absolute atomic E-state index is 0.162. The highest BCUT2D eigenvalue weighted by Crippen LogP contribution is 2.11. The summed E-state index contributed by atoms with van der Waals surface area (Å²) in [4.78, 5) is 29.6. The number of amides is 2. The molecule has 1 unspecified atom stereocenters. The second kappa shape index (κ2) is 7.63. The molecule has 2 heterocycles. The zero-order valence-corrected chi connectivity index (χ0v) is 11.7. The number of carboxylic acid groups (broad SMARTS) is 1. The summed E-state index contributed by atoms with van der Waals surface area (Å²) in [6, 6.07) is -1.47. The van der Waals surface area contributed by atoms with Crippen LogP contribution in [0.1, 0.15) is 18.5 Å². The molecule has 1 aliphatic heterocycles. The van der Waals surface area contributed by atoms with Gasteiger partial charge in [0.15, 0.2) is 0 Å². The van der Waals surface area contributed by atoms with Gasteiger partial charge in [-0.1, -0.05) is 0 Å². The molecule has 2 amide bonds. The molecule has 0 spiro atoms. The van der Waals surface area contributed by atoms with Crippen LogP contribution in [0.5, 0.6) is 0 Å². The highest BCUT2D eigenvalue weighted by Gasteiger charge is 2.22. The first-order valence-electron chi connectivity index (χ1n) is 6.97. The predicted octanol–water partition coefficient (Wildman–Crippen LogP) is 0.131. The third-order valence-corrected chi connectivity index (χ3v) is 3.39. The van der Waals surface area contributed by atoms with Crippen molar-refractivity contribution in [2.75, 3.05) is 19.8 Å². The van der Waals surface area contributed by atoms with Crippen molar-refractivity contribution < 1.29 is 19.4 Å². The SMILES string of the molecule is O=C(NCC1CCCOC1)N[C@H](Cc1cnc[nH]1)C(=O)O. The van der Waals surface area contributed by atoms with Crippen molar-refractivity contribution in [3.8, 4) is 0 Å². The fourth-order valence-electron chi connectivity index (χ4n) is 2.23. The minimum Gasteiger partial charge on any atom is -0.480 e. The van der Waals surface area contributed by atoms with Crippen molar-refractivity contribution in [1.82, 2.24) is 20.6 Å². The molecule has 0 radical (unpaired) electrons. The van der Waals surface area contributed by atoms with E-state index in [4.69, 9.17) is 9.84 Å². The van der Waals surface area contributed by atoms with E-state index in [9.17, 15) is 9.59 Å². The predicted molar refractivity (Wildman–Crippen MR) is 73.8 cm³/mol. The summed E-state index contributed by atoms with van der Waals surface area (Å²) >= 11 is 0. The summed E-state index contributed by atoms with van der Waals surface area (Å²) in [5.41, 5.74) is 0.656. The highest BCUT2D eigenvalue weighted by atomic mass is 16.5. The van der Waals surface area contributed by atoms with E-state index in [0.717, 1.165) is 19.4 Å². The van der Waals surface area contributed by atoms with Gasteiger partial charge in [-0.25, -0.2) is 14.6 Å². The number of carbonyl (C=O) groups excluding carboxylic acids is 1. The summed E-state index contributed by atoms with van der Waals surface area (Å²) in [5, 5.41) is 14.3. The zero-order chi connectivity index (χ0) is 15.1. The van der Waals surface area contributed by atoms with Gasteiger partial charge < -0.3 is 25.5 Å². The molecule has 1 fully saturated rings. The second-order valence-electron chi connectivity index (χ2n) is 5.11. The number of rotatable bonds is 6. The van der Waals surface area contributed by atoms with Gasteiger partial charge in [0, 0.05) is 31.5 Å². The number of hydrogen-bond donors (Lipinski definition) is 4. The highest BCUT2D eigenvalue weighted by molar-refractivity contribution is 5.82. The maximum absolute atomic E-state index is 11.8. The summed E-state index contributed by atoms with van der Waals surface area (Å²) in [5.74, 6) is -0.791. The fourth-order valence-corrected chi connectivity index (χ4v) is 2.23. The molecular formula is C13H20N4O4. The van der Waals surface area contributed by atoms with Crippen molar-refractivity contribution in [3.05, 3.63) is 18.2 Å². The van der Waals surface area contributed by atoms with Crippen LogP contribution in [-0.2, 0) is 16.0 Å². The molecular weight excluding hydrogens is 276 g/mol. The third-order valence-electron chi connectivity index (χ3n) is 3.39. The van der Waals surface area contributed by atoms with Crippen LogP contribution in [0.25, 0.3) is 0 Å². The second-order valence-corrected chi connectivity index (χ2v) is 5.11. The summed E-state index contributed by atoms with van der Waals surface area (Å²) in [6.07, 6.45) is 5.17. The monoisotopic (exact) mass is 296 g/mol. The number of nitrogens with one attached hydrogen (secondary N) is 3. The van der Waals surface area contributed by atoms with Gasteiger partial charge in [0.05, 0.1) is 12.9 Å². The summed E-state index contributed by atoms with van der Waals surface area (Å²) in [6.45, 7) is 1.90. The van der Waals surface area contributed by atoms with E-state index in [1.54, 1.807) is 0 Å². The van der Waals surface area contributed by atoms with Crippen LogP contribution >= 0.6 is 0 Å². The van der Waals surface area contributed by atoms with Crippen LogP contribution in [0.3, 0.4) is 0 Å². The van der Waals surface area contributed by atoms with Crippen molar-refractivity contribution in [2.24, 2.45) is 5.92 Å². The molecule has 2 atom stereocenters. The Hall–Kier alpha value is -2.09. The van der Waals surface area contributed by atoms with Crippen molar-refractivity contribution in [2.45, 2.75) is 25.3 Å². The minimum atomic E-state index is -1.08. The van der Waals surface area contributed by atoms with Gasteiger partial charge in [-0.15, -0.1) is 0 Å². The normalized spacial score (nSPS) is 19.7. The van der Waals surface area contributed by atoms with Gasteiger partial charge in [-0.05, 0) is 18.8 Å². The lowest BCUT2D eigenvalue weighted by atomic mass is 10.0. The van der Waals surface area contributed by atoms with Gasteiger partial charge in [0.1, 0.15) is 6.04 Å². The van der Waals surface area contributed by atoms with Gasteiger partial charge >= 0.3 is 12.0 Å². The van der Waals surface area contributed by atoms with Crippen LogP contribution in [-0.4, -0.2) is 52.9 Å². The lowest BCUT2D eigenvalue weighted by molar-refractivity contribution is -0.139. The molecule has 1 saturated heterocycles. The van der Waals surface area contributed by atoms with E-state index in [1.807, 2.05) is 0 Å². The van der Waals surface area contributed by atoms with Gasteiger partial charge in [-0.2, -0.15) is 0 Å². The molecule has 0 bridgehead atoms. The number of hydrogen-bond acceptors (Lipinski definition) is 4. The quantitative estimate of drug-likeness (QED) is 0.595. The lowest BCUT2D eigenvalue weighted by Gasteiger charge is -2.22. The number of aromatic nitrogens is 2. The molecule has 21 heavy (non-hydrogen) atoms. The van der Waals surface area contributed by atoms with Crippen LogP contribution in [0.15, 0.2) is 12.5 Å². The lowest BCUT2D eigenvalue weighted by Crippen LogP contribution is -2.48. The molecule has 116 valence electrons. The fraction of sp³-hybridized carbons (Fsp3) is 0.615. The van der Waals surface area contributed by atoms with E-state index in [2.05, 4.69) is 20.6 Å². The standard InChI is InChI=1S/C13H20N4O4/c18-12(19)11(4-10-6-14-8-16-10)17-13(20)15-5-9-2-1-3-21-7-9/h6,8-9,11H,1-5,7H2,(H,14,16)(H,18,19)(H2,15,17,20)/t9?,11-/m1/s1. The number of carbonyl (C=O) groups is 2. The van der Waals surface area contributed by atoms with Crippen LogP contribution in [0, 0.1) is 5.92 Å². The molecule has 0 aromatic carbocycles. The Bertz CT molecular complexity index is 457. The molecule has 1 aromatic rings. The molecule has 0 saturated carbocycles. The van der Waals surface area contributed by atoms with E-state index in [1.165, 1.54) is 12.5 Å². The van der Waals surface area contributed by atoms with Gasteiger partial charge in [0.2, 0.25) is 0 Å². The van der Waals surface area contributed by atoms with E-state index in [0.29, 0.717) is 24.8 Å². The van der Waals surface area contributed by atoms with Gasteiger partial charge in [-0.3, -0.25) is 0 Å². The summed E-state index contributed by atoms with van der Waals surface area (Å²) < 4.78 is 5.33. The molecule has 1 aliphatic rings. The van der Waals surface area contributed by atoms with Gasteiger partial charge in [0.25, 0.3) is 0 Å². The Morgan fingerprint density at radius 1 is 1.57 bits per heavy atom. The topological polar surface area (TPSA) is 116 Å². The van der Waals surface area contributed by atoms with Crippen molar-refractivity contribution in [1.29, 1.82) is 0 Å². The Kier molecular flexibility index (Phi) is 5.56. The van der Waals surface area contributed by atoms with Crippen LogP contribution in [0.2, 0.25) is 0 Å². The van der Waals surface area contributed by atoms with E-state index >= 15 is 0 Å². The average molecular weight is 296 g/mol. The maximum Gasteiger partial charge on any atom is 0.326 e. The van der Waals surface area contributed by atoms with Crippen molar-refractivity contribution >= 4 is 12.0 Å². The Labute approximate surface area is 122 Å². The third kappa shape index (κ3) is 5.07. The maximum atomic E-state index is 11.8. The van der Waals surface area contributed by atoms with Crippen molar-refractivity contribution in [3.63, 3.8) is 0 Å². The Morgan fingerprint density at radius 3 is 3.05 bits per heavy atom. The first-order valence-corrected chi connectivity index (χ1v) is 6.97. The average Bonchev–Trinajstić information content (AvgIpc) is 2.98. The molecule has 8 heteroatoms. The zero-order valence-electron chi connectivity index (χ0n) is 11.7. The largest absolute Gasteiger partial charge is 0.480 e. The van der Waals surface area contributed by atoms with E-state index < -0.39 is 18.0 Å². The number of aliphatic carboxylic acids is 1. The first-order chi connectivity index (χ1) is 10.1. The molecule has 1 aromatic heterocycles. The number of imidazole rings is 1.